The topological polar surface area (TPSA) is 36.9 Å². The van der Waals surface area contributed by atoms with E-state index in [4.69, 9.17) is 4.74 Å². The molecule has 1 aliphatic heterocycles. The van der Waals surface area contributed by atoms with E-state index in [1.165, 1.54) is 0 Å². The van der Waals surface area contributed by atoms with Gasteiger partial charge in [-0.3, -0.25) is 4.99 Å². The van der Waals surface area contributed by atoms with E-state index in [1.54, 1.807) is 0 Å². The predicted octanol–water partition coefficient (Wildman–Crippen LogP) is 2.09. The number of halogens is 1. The van der Waals surface area contributed by atoms with Crippen LogP contribution in [0.1, 0.15) is 33.6 Å². The molecule has 1 rings (SSSR count). The number of ether oxygens (including phenoxy) is 1. The molecule has 0 amide bonds. The average Bonchev–Trinajstić information content (AvgIpc) is 2.30. The highest BCUT2D eigenvalue weighted by atomic mass is 127. The van der Waals surface area contributed by atoms with Crippen LogP contribution in [0.25, 0.3) is 0 Å². The van der Waals surface area contributed by atoms with E-state index in [9.17, 15) is 0 Å². The lowest BCUT2D eigenvalue weighted by Gasteiger charge is -2.34. The van der Waals surface area contributed by atoms with E-state index in [2.05, 4.69) is 36.0 Å². The van der Waals surface area contributed by atoms with Gasteiger partial charge in [0.25, 0.3) is 0 Å². The predicted molar refractivity (Wildman–Crippen MR) is 83.3 cm³/mol. The van der Waals surface area contributed by atoms with Crippen LogP contribution in [0.15, 0.2) is 4.99 Å². The van der Waals surface area contributed by atoms with Crippen molar-refractivity contribution in [3.63, 3.8) is 0 Å². The summed E-state index contributed by atoms with van der Waals surface area (Å²) >= 11 is 0. The van der Waals surface area contributed by atoms with Gasteiger partial charge in [0, 0.05) is 32.8 Å². The van der Waals surface area contributed by atoms with Gasteiger partial charge in [-0.1, -0.05) is 0 Å². The van der Waals surface area contributed by atoms with Crippen LogP contribution < -0.4 is 5.32 Å². The Hall–Kier alpha value is -0.0400. The van der Waals surface area contributed by atoms with Crippen molar-refractivity contribution in [2.45, 2.75) is 39.7 Å². The second kappa shape index (κ2) is 9.94. The minimum Gasteiger partial charge on any atom is -0.378 e. The molecule has 17 heavy (non-hydrogen) atoms. The third-order valence-corrected chi connectivity index (χ3v) is 2.79. The van der Waals surface area contributed by atoms with Gasteiger partial charge in [-0.05, 0) is 33.6 Å². The molecular weight excluding hydrogens is 329 g/mol. The molecule has 0 atom stereocenters. The fourth-order valence-corrected chi connectivity index (χ4v) is 2.05. The van der Waals surface area contributed by atoms with Crippen LogP contribution in [0.3, 0.4) is 0 Å². The molecule has 1 heterocycles. The molecule has 0 aliphatic carbocycles. The van der Waals surface area contributed by atoms with Crippen molar-refractivity contribution in [2.75, 3.05) is 32.8 Å². The van der Waals surface area contributed by atoms with Crippen molar-refractivity contribution in [3.8, 4) is 0 Å². The van der Waals surface area contributed by atoms with Gasteiger partial charge < -0.3 is 15.0 Å². The summed E-state index contributed by atoms with van der Waals surface area (Å²) in [4.78, 5) is 6.84. The Balaban J connectivity index is 0.00000256. The first kappa shape index (κ1) is 17.0. The highest BCUT2D eigenvalue weighted by molar-refractivity contribution is 14.0. The van der Waals surface area contributed by atoms with Gasteiger partial charge in [0.15, 0.2) is 5.96 Å². The van der Waals surface area contributed by atoms with Crippen molar-refractivity contribution in [1.82, 2.24) is 10.2 Å². The number of guanidine groups is 1. The Bertz CT molecular complexity index is 216. The first-order chi connectivity index (χ1) is 7.81. The molecule has 0 aromatic carbocycles. The SMILES string of the molecule is CCN=C(NCC)N1CCC(OCC)CC1.I. The second-order valence-electron chi connectivity index (χ2n) is 3.97. The quantitative estimate of drug-likeness (QED) is 0.477. The first-order valence-corrected chi connectivity index (χ1v) is 6.46. The van der Waals surface area contributed by atoms with Crippen molar-refractivity contribution < 1.29 is 4.74 Å². The lowest BCUT2D eigenvalue weighted by molar-refractivity contribution is 0.0264. The normalized spacial score (nSPS) is 17.8. The molecule has 1 saturated heterocycles. The fraction of sp³-hybridized carbons (Fsp3) is 0.917. The Morgan fingerprint density at radius 1 is 1.29 bits per heavy atom. The molecule has 0 bridgehead atoms. The summed E-state index contributed by atoms with van der Waals surface area (Å²) in [6, 6.07) is 0. The van der Waals surface area contributed by atoms with Crippen LogP contribution in [0.4, 0.5) is 0 Å². The number of hydrogen-bond donors (Lipinski definition) is 1. The second-order valence-corrected chi connectivity index (χ2v) is 3.97. The van der Waals surface area contributed by atoms with Crippen LogP contribution in [-0.4, -0.2) is 49.7 Å². The molecule has 1 fully saturated rings. The van der Waals surface area contributed by atoms with Crippen LogP contribution in [0.2, 0.25) is 0 Å². The molecule has 0 spiro atoms. The van der Waals surface area contributed by atoms with E-state index in [0.29, 0.717) is 6.10 Å². The van der Waals surface area contributed by atoms with Gasteiger partial charge in [0.1, 0.15) is 0 Å². The summed E-state index contributed by atoms with van der Waals surface area (Å²) in [6.45, 7) is 11.0. The molecule has 1 N–H and O–H groups in total. The van der Waals surface area contributed by atoms with Crippen molar-refractivity contribution in [1.29, 1.82) is 0 Å². The number of rotatable bonds is 4. The first-order valence-electron chi connectivity index (χ1n) is 6.46. The van der Waals surface area contributed by atoms with Gasteiger partial charge in [-0.2, -0.15) is 0 Å². The molecule has 4 nitrogen and oxygen atoms in total. The Labute approximate surface area is 122 Å². The zero-order valence-corrected chi connectivity index (χ0v) is 13.6. The zero-order chi connectivity index (χ0) is 11.8. The number of likely N-dealkylation sites (tertiary alicyclic amines) is 1. The van der Waals surface area contributed by atoms with E-state index in [1.807, 2.05) is 0 Å². The number of aliphatic imine (C=N–C) groups is 1. The van der Waals surface area contributed by atoms with Gasteiger partial charge in [0.05, 0.1) is 6.10 Å². The minimum atomic E-state index is 0. The molecule has 0 saturated carbocycles. The molecule has 0 aromatic rings. The summed E-state index contributed by atoms with van der Waals surface area (Å²) < 4.78 is 5.64. The lowest BCUT2D eigenvalue weighted by atomic mass is 10.1. The van der Waals surface area contributed by atoms with E-state index in [-0.39, 0.29) is 24.0 Å². The Kier molecular flexibility index (Phi) is 9.91. The van der Waals surface area contributed by atoms with Gasteiger partial charge in [0.2, 0.25) is 0 Å². The van der Waals surface area contributed by atoms with Crippen LogP contribution in [0.5, 0.6) is 0 Å². The minimum absolute atomic E-state index is 0. The van der Waals surface area contributed by atoms with E-state index in [0.717, 1.165) is 51.6 Å². The third kappa shape index (κ3) is 5.90. The van der Waals surface area contributed by atoms with Gasteiger partial charge in [-0.15, -0.1) is 24.0 Å². The summed E-state index contributed by atoms with van der Waals surface area (Å²) in [6.07, 6.45) is 2.68. The van der Waals surface area contributed by atoms with Crippen molar-refractivity contribution >= 4 is 29.9 Å². The van der Waals surface area contributed by atoms with Crippen molar-refractivity contribution in [2.24, 2.45) is 4.99 Å². The van der Waals surface area contributed by atoms with Gasteiger partial charge in [-0.25, -0.2) is 0 Å². The highest BCUT2D eigenvalue weighted by Gasteiger charge is 2.21. The smallest absolute Gasteiger partial charge is 0.193 e. The summed E-state index contributed by atoms with van der Waals surface area (Å²) in [7, 11) is 0. The molecule has 5 heteroatoms. The van der Waals surface area contributed by atoms with Crippen molar-refractivity contribution in [3.05, 3.63) is 0 Å². The third-order valence-electron chi connectivity index (χ3n) is 2.79. The number of piperidine rings is 1. The zero-order valence-electron chi connectivity index (χ0n) is 11.2. The maximum absolute atomic E-state index is 5.64. The van der Waals surface area contributed by atoms with Crippen LogP contribution >= 0.6 is 24.0 Å². The number of nitrogens with zero attached hydrogens (tertiary/aromatic N) is 2. The molecular formula is C12H26IN3O. The van der Waals surface area contributed by atoms with E-state index >= 15 is 0 Å². The Morgan fingerprint density at radius 3 is 2.41 bits per heavy atom. The van der Waals surface area contributed by atoms with Crippen LogP contribution in [-0.2, 0) is 4.74 Å². The summed E-state index contributed by atoms with van der Waals surface area (Å²) in [5, 5.41) is 3.34. The lowest BCUT2D eigenvalue weighted by Crippen LogP contribution is -2.47. The standard InChI is InChI=1S/C12H25N3O.HI/c1-4-13-12(14-5-2)15-9-7-11(8-10-15)16-6-3;/h11H,4-10H2,1-3H3,(H,13,14);1H. The summed E-state index contributed by atoms with van der Waals surface area (Å²) in [5.41, 5.74) is 0. The highest BCUT2D eigenvalue weighted by Crippen LogP contribution is 2.13. The molecule has 102 valence electrons. The average molecular weight is 355 g/mol. The van der Waals surface area contributed by atoms with Gasteiger partial charge >= 0.3 is 0 Å². The number of nitrogens with one attached hydrogen (secondary N) is 1. The van der Waals surface area contributed by atoms with E-state index < -0.39 is 0 Å². The molecule has 0 radical (unpaired) electrons. The largest absolute Gasteiger partial charge is 0.378 e. The monoisotopic (exact) mass is 355 g/mol. The molecule has 1 aliphatic rings. The molecule has 0 aromatic heterocycles. The maximum Gasteiger partial charge on any atom is 0.193 e. The fourth-order valence-electron chi connectivity index (χ4n) is 2.05. The Morgan fingerprint density at radius 2 is 1.94 bits per heavy atom. The number of hydrogen-bond acceptors (Lipinski definition) is 2. The summed E-state index contributed by atoms with van der Waals surface area (Å²) in [5.74, 6) is 1.06. The van der Waals surface area contributed by atoms with Crippen LogP contribution in [0, 0.1) is 0 Å². The molecule has 0 unspecified atom stereocenters. The maximum atomic E-state index is 5.64.